The van der Waals surface area contributed by atoms with Crippen molar-refractivity contribution in [2.24, 2.45) is 29.4 Å². The number of nitrogens with one attached hydrogen (secondary N) is 7. The van der Waals surface area contributed by atoms with E-state index < -0.39 is 158 Å². The van der Waals surface area contributed by atoms with Gasteiger partial charge >= 0.3 is 0 Å². The van der Waals surface area contributed by atoms with E-state index in [0.717, 1.165) is 16.7 Å². The number of likely N-dealkylation sites (tertiary alicyclic amines) is 1. The Morgan fingerprint density at radius 3 is 2.19 bits per heavy atom. The van der Waals surface area contributed by atoms with Crippen LogP contribution in [0.1, 0.15) is 103 Å². The number of fused-ring (bicyclic) bond motifs is 5. The highest BCUT2D eigenvalue weighted by atomic mass is 32.2. The second kappa shape index (κ2) is 29.7. The molecule has 6 heterocycles. The molecule has 1 aromatic heterocycles. The first kappa shape index (κ1) is 65.3. The molecule has 0 spiro atoms. The highest BCUT2D eigenvalue weighted by molar-refractivity contribution is 7.99. The van der Waals surface area contributed by atoms with E-state index in [4.69, 9.17) is 5.73 Å². The summed E-state index contributed by atoms with van der Waals surface area (Å²) in [6.07, 6.45) is 0.370. The van der Waals surface area contributed by atoms with Gasteiger partial charge in [0.05, 0.1) is 60.4 Å². The Kier molecular flexibility index (Phi) is 22.8. The number of hydrogen-bond acceptors (Lipinski definition) is 18. The van der Waals surface area contributed by atoms with Gasteiger partial charge in [-0.15, -0.1) is 11.8 Å². The number of phenols is 1. The highest BCUT2D eigenvalue weighted by Gasteiger charge is 2.45. The fourth-order valence-corrected chi connectivity index (χ4v) is 12.7. The van der Waals surface area contributed by atoms with Gasteiger partial charge in [0.15, 0.2) is 11.6 Å². The van der Waals surface area contributed by atoms with Gasteiger partial charge in [-0.25, -0.2) is 0 Å². The number of aromatic hydroxyl groups is 1. The number of aliphatic hydroxyl groups excluding tert-OH is 3. The molecule has 0 saturated carbocycles. The van der Waals surface area contributed by atoms with Gasteiger partial charge in [-0.2, -0.15) is 0 Å². The molecule has 5 aliphatic rings. The van der Waals surface area contributed by atoms with Gasteiger partial charge in [0.1, 0.15) is 17.8 Å². The molecule has 2 fully saturated rings. The summed E-state index contributed by atoms with van der Waals surface area (Å²) < 4.78 is 0. The normalized spacial score (nSPS) is 26.0. The fourth-order valence-electron chi connectivity index (χ4n) is 11.5. The number of benzene rings is 1. The minimum atomic E-state index is -1.65. The molecule has 0 aliphatic carbocycles. The summed E-state index contributed by atoms with van der Waals surface area (Å²) in [5.41, 5.74) is 6.86. The van der Waals surface area contributed by atoms with Crippen LogP contribution in [0, 0.1) is 23.7 Å². The minimum absolute atomic E-state index is 0.111. The van der Waals surface area contributed by atoms with Gasteiger partial charge in [-0.1, -0.05) is 33.6 Å². The van der Waals surface area contributed by atoms with Crippen LogP contribution < -0.4 is 37.6 Å². The molecule has 27 nitrogen and oxygen atoms in total. The molecule has 10 atom stereocenters. The number of aromatic amines is 1. The van der Waals surface area contributed by atoms with Gasteiger partial charge < -0.3 is 67.9 Å². The van der Waals surface area contributed by atoms with Gasteiger partial charge in [0.2, 0.25) is 47.3 Å². The van der Waals surface area contributed by atoms with Gasteiger partial charge in [0, 0.05) is 112 Å². The Bertz CT molecular complexity index is 2910. The minimum Gasteiger partial charge on any atom is -0.508 e. The molecule has 2 bridgehead atoms. The molecule has 7 rings (SSSR count). The van der Waals surface area contributed by atoms with E-state index in [1.807, 2.05) is 0 Å². The smallest absolute Gasteiger partial charge is 0.253 e. The van der Waals surface area contributed by atoms with Crippen LogP contribution in [0.5, 0.6) is 5.75 Å². The number of H-pyrrole nitrogens is 1. The second-order valence-corrected chi connectivity index (χ2v) is 23.9. The van der Waals surface area contributed by atoms with Crippen molar-refractivity contribution in [2.45, 2.75) is 152 Å². The third-order valence-corrected chi connectivity index (χ3v) is 17.9. The molecule has 0 radical (unpaired) electrons. The van der Waals surface area contributed by atoms with Gasteiger partial charge in [-0.3, -0.25) is 67.3 Å². The third-order valence-electron chi connectivity index (χ3n) is 16.8. The Balaban J connectivity index is 1.25. The number of aliphatic hydroxyl groups is 3. The molecule has 28 heteroatoms. The number of unbranched alkanes of at least 4 members (excludes halogenated alkanes) is 2. The maximum atomic E-state index is 15.0. The molecule has 2 saturated heterocycles. The van der Waals surface area contributed by atoms with Crippen LogP contribution in [0.4, 0.5) is 0 Å². The number of carbonyl (C=O) groups is 12. The maximum absolute atomic E-state index is 15.0. The zero-order valence-corrected chi connectivity index (χ0v) is 48.8. The number of Topliss-reactive ketones (excluding diaryl/α,β-unsaturated/α-hetero) is 2. The lowest BCUT2D eigenvalue weighted by Gasteiger charge is -2.32. The summed E-state index contributed by atoms with van der Waals surface area (Å²) in [6, 6.07) is -2.90. The van der Waals surface area contributed by atoms with E-state index in [0.29, 0.717) is 78.7 Å². The summed E-state index contributed by atoms with van der Waals surface area (Å²) in [6.45, 7) is 3.63. The molecule has 0 unspecified atom stereocenters. The summed E-state index contributed by atoms with van der Waals surface area (Å²) in [7, 11) is 0. The van der Waals surface area contributed by atoms with Crippen LogP contribution >= 0.6 is 11.8 Å². The predicted octanol–water partition coefficient (Wildman–Crippen LogP) is -2.19. The quantitative estimate of drug-likeness (QED) is 0.0627. The number of phenolic OH excluding ortho intramolecular Hbond substituents is 1. The number of carbonyl (C=O) groups excluding carboxylic acids is 12. The van der Waals surface area contributed by atoms with Crippen LogP contribution in [-0.4, -0.2) is 205 Å². The summed E-state index contributed by atoms with van der Waals surface area (Å²) >= 11 is 1.01. The van der Waals surface area contributed by atoms with Crippen molar-refractivity contribution in [2.75, 3.05) is 51.6 Å². The van der Waals surface area contributed by atoms with E-state index in [9.17, 15) is 78.0 Å². The van der Waals surface area contributed by atoms with Crippen molar-refractivity contribution in [3.63, 3.8) is 0 Å². The molecule has 1 aromatic carbocycles. The van der Waals surface area contributed by atoms with Crippen molar-refractivity contribution in [3.8, 4) is 5.75 Å². The SMILES string of the molecule is CC[C@H](C)[C@@H]1NC(=O)CNC(=O)[C@@H]2CC(=O)[C@H]([C@@H](C)[C@@H](O)CO)NC(=O)[C@@H]3C[C@@H](O)CN3C(=O)[C@H](CC(N)=O)CC(=O)[C@H](CSc3[nH]c4c(CN5CCC(NC(=O)CCCCCN6C(=O)C=CC6=O)CC5)c(O)ccc4c3C2)NC(=O)CNC1=O. The Morgan fingerprint density at radius 1 is 0.835 bits per heavy atom. The number of imide groups is 1. The number of hydrogen-bond donors (Lipinski definition) is 12. The topological polar surface area (TPSA) is 409 Å². The number of nitrogens with zero attached hydrogens (tertiary/aromatic N) is 3. The first-order chi connectivity index (χ1) is 40.5. The van der Waals surface area contributed by atoms with Crippen molar-refractivity contribution < 1.29 is 78.0 Å². The first-order valence-electron chi connectivity index (χ1n) is 29.1. The van der Waals surface area contributed by atoms with Crippen LogP contribution in [0.3, 0.4) is 0 Å². The number of nitrogens with two attached hydrogens (primary N) is 1. The van der Waals surface area contributed by atoms with Gasteiger partial charge in [0.25, 0.3) is 11.8 Å². The van der Waals surface area contributed by atoms with Crippen LogP contribution in [0.15, 0.2) is 29.3 Å². The number of amides is 10. The van der Waals surface area contributed by atoms with E-state index >= 15 is 0 Å². The summed E-state index contributed by atoms with van der Waals surface area (Å²) in [5.74, 6) is -13.6. The first-order valence-corrected chi connectivity index (χ1v) is 30.0. The van der Waals surface area contributed by atoms with E-state index in [1.54, 1.807) is 19.9 Å². The number of piperidine rings is 1. The standard InChI is InChI=1S/C57H79N11O16S/c1-4-29(2)50-55(83)60-23-46(77)62-38-28-85-56-36(35-9-10-40(71)37(52(35)65-56)26-66-16-13-33(14-17-66)61-45(76)8-6-5-7-15-67-48(79)11-12-49(67)80)18-31(53(81)59-24-47(78)63-50)19-42(73)51(30(3)43(74)27-69)64-54(82)39-22-34(70)25-68(39)57(84)32(20-41(38)72)21-44(58)75/h9-12,29-34,38-39,43,50-51,65,69-71,74H,4-8,13-28H2,1-3H3,(H2,58,75)(H,59,81)(H,60,83)(H,61,76)(H,62,77)(H,63,78)(H,64,82)/t29-,30-,31-,32-,34+,38-,39-,43-,50-,51-/m0/s1. The monoisotopic (exact) mass is 1210 g/mol. The van der Waals surface area contributed by atoms with E-state index in [-0.39, 0.29) is 67.6 Å². The predicted molar refractivity (Wildman–Crippen MR) is 305 cm³/mol. The van der Waals surface area contributed by atoms with Crippen LogP contribution in [0.25, 0.3) is 10.9 Å². The lowest BCUT2D eigenvalue weighted by Crippen LogP contribution is -2.56. The molecular weight excluding hydrogens is 1130 g/mol. The average molecular weight is 1210 g/mol. The van der Waals surface area contributed by atoms with Crippen LogP contribution in [-0.2, 0) is 70.5 Å². The maximum Gasteiger partial charge on any atom is 0.253 e. The van der Waals surface area contributed by atoms with Crippen LogP contribution in [0.2, 0.25) is 0 Å². The lowest BCUT2D eigenvalue weighted by atomic mass is 9.85. The number of primary amides is 1. The van der Waals surface area contributed by atoms with E-state index in [2.05, 4.69) is 41.8 Å². The Morgan fingerprint density at radius 2 is 1.52 bits per heavy atom. The molecule has 10 amide bonds. The fraction of sp³-hybridized carbons (Fsp3) is 0.614. The van der Waals surface area contributed by atoms with Crippen molar-refractivity contribution in [1.82, 2.24) is 51.6 Å². The summed E-state index contributed by atoms with van der Waals surface area (Å²) in [4.78, 5) is 172. The average Bonchev–Trinajstić information content (AvgIpc) is 2.02. The van der Waals surface area contributed by atoms with Gasteiger partial charge in [-0.05, 0) is 55.7 Å². The number of thioether (sulfide) groups is 1. The zero-order valence-electron chi connectivity index (χ0n) is 48.0. The van der Waals surface area contributed by atoms with Crippen molar-refractivity contribution in [3.05, 3.63) is 35.4 Å². The van der Waals surface area contributed by atoms with Crippen molar-refractivity contribution in [1.29, 1.82) is 0 Å². The molecule has 85 heavy (non-hydrogen) atoms. The number of ketones is 2. The Labute approximate surface area is 495 Å². The molecule has 13 N–H and O–H groups in total. The van der Waals surface area contributed by atoms with Crippen molar-refractivity contribution >= 4 is 93.3 Å². The highest BCUT2D eigenvalue weighted by Crippen LogP contribution is 2.39. The molecule has 464 valence electrons. The zero-order chi connectivity index (χ0) is 61.8. The largest absolute Gasteiger partial charge is 0.508 e. The second-order valence-electron chi connectivity index (χ2n) is 22.9. The molecule has 2 aromatic rings. The Hall–Kier alpha value is -7.27. The molecular formula is C57H79N11O16S. The number of aromatic nitrogens is 1. The third kappa shape index (κ3) is 16.8. The summed E-state index contributed by atoms with van der Waals surface area (Å²) in [5, 5.41) is 60.5. The molecule has 5 aliphatic heterocycles. The van der Waals surface area contributed by atoms with E-state index in [1.165, 1.54) is 30.0 Å². The number of rotatable bonds is 16. The lowest BCUT2D eigenvalue weighted by molar-refractivity contribution is -0.145.